The van der Waals surface area contributed by atoms with E-state index in [1.165, 1.54) is 0 Å². The molecule has 1 N–H and O–H groups in total. The number of hydrogen-bond acceptors (Lipinski definition) is 2. The van der Waals surface area contributed by atoms with Gasteiger partial charge in [0, 0.05) is 5.02 Å². The first-order valence-corrected chi connectivity index (χ1v) is 7.58. The van der Waals surface area contributed by atoms with E-state index >= 15 is 0 Å². The van der Waals surface area contributed by atoms with Crippen molar-refractivity contribution in [3.05, 3.63) is 34.9 Å². The van der Waals surface area contributed by atoms with Gasteiger partial charge in [-0.1, -0.05) is 37.6 Å². The third kappa shape index (κ3) is 3.05. The van der Waals surface area contributed by atoms with Gasteiger partial charge in [0.15, 0.2) is 0 Å². The van der Waals surface area contributed by atoms with Gasteiger partial charge in [-0.15, -0.1) is 0 Å². The van der Waals surface area contributed by atoms with Crippen LogP contribution in [0.2, 0.25) is 5.02 Å². The minimum Gasteiger partial charge on any atom is -0.343 e. The van der Waals surface area contributed by atoms with Crippen LogP contribution in [0.25, 0.3) is 0 Å². The van der Waals surface area contributed by atoms with Gasteiger partial charge in [0.05, 0.1) is 6.04 Å². The predicted molar refractivity (Wildman–Crippen MR) is 82.9 cm³/mol. The fourth-order valence-corrected chi connectivity index (χ4v) is 2.93. The van der Waals surface area contributed by atoms with E-state index in [9.17, 15) is 9.59 Å². The summed E-state index contributed by atoms with van der Waals surface area (Å²) in [6, 6.07) is 6.30. The molecule has 1 aliphatic rings. The summed E-state index contributed by atoms with van der Waals surface area (Å²) in [6.07, 6.45) is 0. The van der Waals surface area contributed by atoms with Gasteiger partial charge in [-0.25, -0.2) is 0 Å². The lowest BCUT2D eigenvalue weighted by atomic mass is 9.93. The summed E-state index contributed by atoms with van der Waals surface area (Å²) in [5, 5.41) is 3.41. The van der Waals surface area contributed by atoms with Gasteiger partial charge in [0.2, 0.25) is 11.8 Å². The summed E-state index contributed by atoms with van der Waals surface area (Å²) in [7, 11) is 0. The zero-order valence-corrected chi connectivity index (χ0v) is 13.5. The van der Waals surface area contributed by atoms with Crippen LogP contribution in [0.15, 0.2) is 24.3 Å². The van der Waals surface area contributed by atoms with E-state index in [4.69, 9.17) is 11.6 Å². The molecule has 5 heteroatoms. The van der Waals surface area contributed by atoms with Crippen LogP contribution in [0.4, 0.5) is 0 Å². The number of halogens is 1. The van der Waals surface area contributed by atoms with Gasteiger partial charge in [-0.05, 0) is 37.5 Å². The molecule has 0 aliphatic carbocycles. The van der Waals surface area contributed by atoms with Crippen LogP contribution in [0.5, 0.6) is 0 Å². The molecule has 1 aromatic carbocycles. The summed E-state index contributed by atoms with van der Waals surface area (Å²) < 4.78 is 0. The molecule has 114 valence electrons. The Balaban J connectivity index is 2.37. The zero-order chi connectivity index (χ0) is 15.7. The second-order valence-corrected chi connectivity index (χ2v) is 6.33. The summed E-state index contributed by atoms with van der Waals surface area (Å²) in [4.78, 5) is 26.5. The van der Waals surface area contributed by atoms with Gasteiger partial charge < -0.3 is 10.2 Å². The molecule has 3 unspecified atom stereocenters. The van der Waals surface area contributed by atoms with E-state index in [0.717, 1.165) is 5.56 Å². The number of piperazine rings is 1. The van der Waals surface area contributed by atoms with Crippen molar-refractivity contribution in [1.29, 1.82) is 0 Å². The van der Waals surface area contributed by atoms with E-state index in [1.54, 1.807) is 24.0 Å². The first-order chi connectivity index (χ1) is 9.82. The number of carbonyl (C=O) groups excluding carboxylic acids is 2. The Morgan fingerprint density at radius 2 is 1.71 bits per heavy atom. The Kier molecular flexibility index (Phi) is 4.57. The third-order valence-electron chi connectivity index (χ3n) is 3.95. The summed E-state index contributed by atoms with van der Waals surface area (Å²) >= 11 is 5.91. The number of carbonyl (C=O) groups is 2. The van der Waals surface area contributed by atoms with Crippen molar-refractivity contribution in [2.24, 2.45) is 5.92 Å². The molecule has 0 radical (unpaired) electrons. The van der Waals surface area contributed by atoms with Gasteiger partial charge in [-0.2, -0.15) is 0 Å². The number of amides is 2. The lowest BCUT2D eigenvalue weighted by Gasteiger charge is -2.43. The van der Waals surface area contributed by atoms with Crippen LogP contribution in [-0.4, -0.2) is 28.8 Å². The van der Waals surface area contributed by atoms with E-state index in [2.05, 4.69) is 5.32 Å². The number of hydrogen-bond donors (Lipinski definition) is 1. The second kappa shape index (κ2) is 6.06. The monoisotopic (exact) mass is 308 g/mol. The standard InChI is InChI=1S/C16H21ClN2O2/c1-9(2)14-15(20)18-10(3)16(21)19(14)11(4)12-5-7-13(17)8-6-12/h5-11,14H,1-4H3,(H,18,20). The molecule has 4 nitrogen and oxygen atoms in total. The van der Waals surface area contributed by atoms with Gasteiger partial charge in [-0.3, -0.25) is 9.59 Å². The molecule has 0 aromatic heterocycles. The predicted octanol–water partition coefficient (Wildman–Crippen LogP) is 2.77. The Labute approximate surface area is 130 Å². The molecule has 1 saturated heterocycles. The van der Waals surface area contributed by atoms with E-state index in [-0.39, 0.29) is 23.8 Å². The Hall–Kier alpha value is -1.55. The average Bonchev–Trinajstić information content (AvgIpc) is 2.42. The molecule has 0 saturated carbocycles. The van der Waals surface area contributed by atoms with E-state index in [0.29, 0.717) is 5.02 Å². The molecule has 2 amide bonds. The van der Waals surface area contributed by atoms with Gasteiger partial charge in [0.1, 0.15) is 12.1 Å². The van der Waals surface area contributed by atoms with Crippen molar-refractivity contribution in [3.63, 3.8) is 0 Å². The summed E-state index contributed by atoms with van der Waals surface area (Å²) in [5.74, 6) is -0.0788. The first kappa shape index (κ1) is 15.8. The van der Waals surface area contributed by atoms with Crippen LogP contribution in [0.1, 0.15) is 39.3 Å². The molecule has 0 bridgehead atoms. The SMILES string of the molecule is CC1NC(=O)C(C(C)C)N(C(C)c2ccc(Cl)cc2)C1=O. The van der Waals surface area contributed by atoms with Crippen molar-refractivity contribution in [2.75, 3.05) is 0 Å². The van der Waals surface area contributed by atoms with Crippen molar-refractivity contribution >= 4 is 23.4 Å². The van der Waals surface area contributed by atoms with Crippen molar-refractivity contribution < 1.29 is 9.59 Å². The molecular formula is C16H21ClN2O2. The Morgan fingerprint density at radius 1 is 1.14 bits per heavy atom. The first-order valence-electron chi connectivity index (χ1n) is 7.21. The maximum atomic E-state index is 12.6. The van der Waals surface area contributed by atoms with Crippen molar-refractivity contribution in [3.8, 4) is 0 Å². The number of rotatable bonds is 3. The van der Waals surface area contributed by atoms with E-state index < -0.39 is 12.1 Å². The van der Waals surface area contributed by atoms with Crippen molar-refractivity contribution in [2.45, 2.75) is 45.8 Å². The molecule has 1 aliphatic heterocycles. The quantitative estimate of drug-likeness (QED) is 0.933. The van der Waals surface area contributed by atoms with Crippen molar-refractivity contribution in [1.82, 2.24) is 10.2 Å². The largest absolute Gasteiger partial charge is 0.343 e. The highest BCUT2D eigenvalue weighted by molar-refractivity contribution is 6.30. The van der Waals surface area contributed by atoms with Crippen LogP contribution >= 0.6 is 11.6 Å². The minimum atomic E-state index is -0.484. The molecule has 21 heavy (non-hydrogen) atoms. The second-order valence-electron chi connectivity index (χ2n) is 5.89. The third-order valence-corrected chi connectivity index (χ3v) is 4.21. The highest BCUT2D eigenvalue weighted by Crippen LogP contribution is 2.29. The molecule has 0 spiro atoms. The van der Waals surface area contributed by atoms with E-state index in [1.807, 2.05) is 32.9 Å². The lowest BCUT2D eigenvalue weighted by molar-refractivity contribution is -0.153. The molecular weight excluding hydrogens is 288 g/mol. The molecule has 2 rings (SSSR count). The number of nitrogens with one attached hydrogen (secondary N) is 1. The highest BCUT2D eigenvalue weighted by atomic mass is 35.5. The smallest absolute Gasteiger partial charge is 0.246 e. The maximum Gasteiger partial charge on any atom is 0.246 e. The number of nitrogens with zero attached hydrogens (tertiary/aromatic N) is 1. The van der Waals surface area contributed by atoms with Crippen LogP contribution < -0.4 is 5.32 Å². The lowest BCUT2D eigenvalue weighted by Crippen LogP contribution is -2.64. The Morgan fingerprint density at radius 3 is 2.24 bits per heavy atom. The molecule has 1 fully saturated rings. The minimum absolute atomic E-state index is 0.0456. The molecule has 1 heterocycles. The van der Waals surface area contributed by atoms with Gasteiger partial charge in [0.25, 0.3) is 0 Å². The van der Waals surface area contributed by atoms with Crippen LogP contribution in [0, 0.1) is 5.92 Å². The molecule has 3 atom stereocenters. The zero-order valence-electron chi connectivity index (χ0n) is 12.8. The fourth-order valence-electron chi connectivity index (χ4n) is 2.81. The topological polar surface area (TPSA) is 49.4 Å². The van der Waals surface area contributed by atoms with Gasteiger partial charge >= 0.3 is 0 Å². The Bertz CT molecular complexity index is 542. The fraction of sp³-hybridized carbons (Fsp3) is 0.500. The summed E-state index contributed by atoms with van der Waals surface area (Å²) in [5.41, 5.74) is 0.973. The highest BCUT2D eigenvalue weighted by Gasteiger charge is 2.42. The average molecular weight is 309 g/mol. The van der Waals surface area contributed by atoms with Crippen LogP contribution in [0.3, 0.4) is 0 Å². The number of benzene rings is 1. The summed E-state index contributed by atoms with van der Waals surface area (Å²) in [6.45, 7) is 7.57. The normalized spacial score (nSPS) is 24.2. The molecule has 1 aromatic rings. The maximum absolute atomic E-state index is 12.6. The van der Waals surface area contributed by atoms with Crippen LogP contribution in [-0.2, 0) is 9.59 Å².